The zero-order chi connectivity index (χ0) is 16.2. The first kappa shape index (κ1) is 20.7. The third-order valence-corrected chi connectivity index (χ3v) is 7.30. The molecule has 1 aliphatic carbocycles. The second-order valence-electron chi connectivity index (χ2n) is 6.25. The minimum absolute atomic E-state index is 0. The van der Waals surface area contributed by atoms with Crippen molar-refractivity contribution >= 4 is 28.4 Å². The predicted molar refractivity (Wildman–Crippen MR) is 92.2 cm³/mol. The summed E-state index contributed by atoms with van der Waals surface area (Å²) in [6.07, 6.45) is 4.73. The van der Waals surface area contributed by atoms with Crippen LogP contribution in [0.4, 0.5) is 0 Å². The predicted octanol–water partition coefficient (Wildman–Crippen LogP) is 1.54. The molecule has 0 aromatic rings. The van der Waals surface area contributed by atoms with E-state index in [1.807, 2.05) is 0 Å². The van der Waals surface area contributed by atoms with Gasteiger partial charge in [-0.15, -0.1) is 12.4 Å². The topological polar surface area (TPSA) is 75.7 Å². The van der Waals surface area contributed by atoms with E-state index in [9.17, 15) is 13.2 Å². The van der Waals surface area contributed by atoms with E-state index >= 15 is 0 Å². The highest BCUT2D eigenvalue weighted by atomic mass is 35.5. The number of piperazine rings is 1. The Balaban J connectivity index is 0.00000264. The van der Waals surface area contributed by atoms with E-state index in [0.717, 1.165) is 25.7 Å². The van der Waals surface area contributed by atoms with Crippen LogP contribution in [-0.2, 0) is 19.6 Å². The fourth-order valence-electron chi connectivity index (χ4n) is 3.70. The van der Waals surface area contributed by atoms with Crippen LogP contribution in [0, 0.1) is 5.92 Å². The first-order valence-corrected chi connectivity index (χ1v) is 9.81. The maximum atomic E-state index is 13.1. The lowest BCUT2D eigenvalue weighted by Gasteiger charge is -2.40. The molecule has 2 aliphatic rings. The molecular formula is C15H29ClN2O4S. The van der Waals surface area contributed by atoms with E-state index < -0.39 is 21.2 Å². The van der Waals surface area contributed by atoms with Crippen molar-refractivity contribution in [1.82, 2.24) is 9.62 Å². The molecule has 2 fully saturated rings. The van der Waals surface area contributed by atoms with E-state index in [1.54, 1.807) is 4.31 Å². The number of nitrogens with one attached hydrogen (secondary N) is 1. The number of carbonyl (C=O) groups is 1. The molecule has 0 amide bonds. The highest BCUT2D eigenvalue weighted by Gasteiger charge is 2.45. The van der Waals surface area contributed by atoms with Crippen LogP contribution >= 0.6 is 12.4 Å². The zero-order valence-electron chi connectivity index (χ0n) is 14.0. The minimum Gasteiger partial charge on any atom is -0.469 e. The van der Waals surface area contributed by atoms with Crippen LogP contribution in [-0.4, -0.2) is 56.7 Å². The molecule has 3 atom stereocenters. The van der Waals surface area contributed by atoms with Gasteiger partial charge in [0.1, 0.15) is 0 Å². The van der Waals surface area contributed by atoms with Crippen LogP contribution in [0.2, 0.25) is 0 Å². The summed E-state index contributed by atoms with van der Waals surface area (Å²) in [6.45, 7) is 3.94. The molecular weight excluding hydrogens is 340 g/mol. The molecule has 1 saturated carbocycles. The first-order chi connectivity index (χ1) is 10.5. The van der Waals surface area contributed by atoms with Gasteiger partial charge in [-0.05, 0) is 19.3 Å². The molecule has 1 aliphatic heterocycles. The summed E-state index contributed by atoms with van der Waals surface area (Å²) in [7, 11) is -2.13. The van der Waals surface area contributed by atoms with E-state index in [0.29, 0.717) is 32.5 Å². The Kier molecular flexibility index (Phi) is 8.27. The van der Waals surface area contributed by atoms with E-state index in [1.165, 1.54) is 7.11 Å². The summed E-state index contributed by atoms with van der Waals surface area (Å²) in [4.78, 5) is 12.0. The summed E-state index contributed by atoms with van der Waals surface area (Å²) in [5.74, 6) is -0.892. The SMILES string of the molecule is CCCC1CNCCN1S(=O)(=O)C1CCCCC1C(=O)OC.Cl. The van der Waals surface area contributed by atoms with Crippen LogP contribution in [0.5, 0.6) is 0 Å². The second kappa shape index (κ2) is 9.20. The van der Waals surface area contributed by atoms with Crippen molar-refractivity contribution < 1.29 is 17.9 Å². The fourth-order valence-corrected chi connectivity index (χ4v) is 6.12. The highest BCUT2D eigenvalue weighted by Crippen LogP contribution is 2.33. The van der Waals surface area contributed by atoms with Gasteiger partial charge < -0.3 is 10.1 Å². The normalized spacial score (nSPS) is 29.6. The fraction of sp³-hybridized carbons (Fsp3) is 0.933. The van der Waals surface area contributed by atoms with E-state index in [4.69, 9.17) is 4.74 Å². The second-order valence-corrected chi connectivity index (χ2v) is 8.36. The Hall–Kier alpha value is -0.370. The summed E-state index contributed by atoms with van der Waals surface area (Å²) in [6, 6.07) is 0.00368. The number of hydrogen-bond acceptors (Lipinski definition) is 5. The lowest BCUT2D eigenvalue weighted by Crippen LogP contribution is -2.57. The molecule has 1 saturated heterocycles. The Labute approximate surface area is 145 Å². The van der Waals surface area contributed by atoms with Crippen LogP contribution in [0.3, 0.4) is 0 Å². The maximum Gasteiger partial charge on any atom is 0.310 e. The molecule has 0 radical (unpaired) electrons. The van der Waals surface area contributed by atoms with Gasteiger partial charge >= 0.3 is 5.97 Å². The van der Waals surface area contributed by atoms with Gasteiger partial charge in [0, 0.05) is 25.7 Å². The maximum absolute atomic E-state index is 13.1. The highest BCUT2D eigenvalue weighted by molar-refractivity contribution is 7.89. The monoisotopic (exact) mass is 368 g/mol. The number of methoxy groups -OCH3 is 1. The Morgan fingerprint density at radius 2 is 2.00 bits per heavy atom. The zero-order valence-corrected chi connectivity index (χ0v) is 15.6. The van der Waals surface area contributed by atoms with Crippen LogP contribution in [0.25, 0.3) is 0 Å². The van der Waals surface area contributed by atoms with Crippen molar-refractivity contribution in [2.45, 2.75) is 56.7 Å². The van der Waals surface area contributed by atoms with Gasteiger partial charge in [-0.3, -0.25) is 4.79 Å². The number of rotatable bonds is 5. The van der Waals surface area contributed by atoms with E-state index in [2.05, 4.69) is 12.2 Å². The van der Waals surface area contributed by atoms with Crippen LogP contribution in [0.15, 0.2) is 0 Å². The molecule has 0 aromatic heterocycles. The number of ether oxygens (including phenoxy) is 1. The Morgan fingerprint density at radius 1 is 1.30 bits per heavy atom. The van der Waals surface area contributed by atoms with Gasteiger partial charge in [0.05, 0.1) is 18.3 Å². The molecule has 3 unspecified atom stereocenters. The molecule has 1 heterocycles. The average Bonchev–Trinajstić information content (AvgIpc) is 2.55. The van der Waals surface area contributed by atoms with Crippen LogP contribution in [0.1, 0.15) is 45.4 Å². The molecule has 136 valence electrons. The van der Waals surface area contributed by atoms with Gasteiger partial charge in [0.25, 0.3) is 0 Å². The quantitative estimate of drug-likeness (QED) is 0.745. The van der Waals surface area contributed by atoms with Crippen molar-refractivity contribution in [3.63, 3.8) is 0 Å². The molecule has 0 bridgehead atoms. The van der Waals surface area contributed by atoms with Crippen molar-refractivity contribution in [2.24, 2.45) is 5.92 Å². The van der Waals surface area contributed by atoms with Gasteiger partial charge in [-0.25, -0.2) is 8.42 Å². The van der Waals surface area contributed by atoms with Gasteiger partial charge in [0.15, 0.2) is 0 Å². The summed E-state index contributed by atoms with van der Waals surface area (Å²) in [5.41, 5.74) is 0. The number of nitrogens with zero attached hydrogens (tertiary/aromatic N) is 1. The minimum atomic E-state index is -3.47. The smallest absolute Gasteiger partial charge is 0.310 e. The lowest BCUT2D eigenvalue weighted by molar-refractivity contribution is -0.146. The Morgan fingerprint density at radius 3 is 2.65 bits per heavy atom. The Bertz CT molecular complexity index is 484. The molecule has 0 spiro atoms. The van der Waals surface area contributed by atoms with Crippen LogP contribution < -0.4 is 5.32 Å². The number of hydrogen-bond donors (Lipinski definition) is 1. The average molecular weight is 369 g/mol. The number of carbonyl (C=O) groups excluding carboxylic acids is 1. The molecule has 8 heteroatoms. The first-order valence-electron chi connectivity index (χ1n) is 8.31. The lowest BCUT2D eigenvalue weighted by atomic mass is 9.89. The largest absolute Gasteiger partial charge is 0.469 e. The number of esters is 1. The third kappa shape index (κ3) is 4.59. The number of halogens is 1. The number of sulfonamides is 1. The van der Waals surface area contributed by atoms with Crippen molar-refractivity contribution in [3.8, 4) is 0 Å². The van der Waals surface area contributed by atoms with E-state index in [-0.39, 0.29) is 24.4 Å². The molecule has 1 N–H and O–H groups in total. The summed E-state index contributed by atoms with van der Waals surface area (Å²) < 4.78 is 32.8. The molecule has 6 nitrogen and oxygen atoms in total. The van der Waals surface area contributed by atoms with Crippen molar-refractivity contribution in [3.05, 3.63) is 0 Å². The molecule has 2 rings (SSSR count). The van der Waals surface area contributed by atoms with Gasteiger partial charge in [0.2, 0.25) is 10.0 Å². The molecule has 23 heavy (non-hydrogen) atoms. The van der Waals surface area contributed by atoms with Gasteiger partial charge in [-0.1, -0.05) is 26.2 Å². The summed E-state index contributed by atoms with van der Waals surface area (Å²) in [5, 5.41) is 2.65. The standard InChI is InChI=1S/C15H28N2O4S.ClH/c1-3-6-12-11-16-9-10-17(12)22(19,20)14-8-5-4-7-13(14)15(18)21-2;/h12-14,16H,3-11H2,1-2H3;1H. The third-order valence-electron chi connectivity index (χ3n) is 4.83. The molecule has 0 aromatic carbocycles. The van der Waals surface area contributed by atoms with Crippen molar-refractivity contribution in [2.75, 3.05) is 26.7 Å². The van der Waals surface area contributed by atoms with Gasteiger partial charge in [-0.2, -0.15) is 4.31 Å². The summed E-state index contributed by atoms with van der Waals surface area (Å²) >= 11 is 0. The van der Waals surface area contributed by atoms with Crippen molar-refractivity contribution in [1.29, 1.82) is 0 Å².